The molecule has 26 heavy (non-hydrogen) atoms. The minimum Gasteiger partial charge on any atom is -0.490 e. The first-order valence-electron chi connectivity index (χ1n) is 8.50. The van der Waals surface area contributed by atoms with E-state index in [2.05, 4.69) is 20.4 Å². The van der Waals surface area contributed by atoms with Crippen molar-refractivity contribution in [3.8, 4) is 17.4 Å². The van der Waals surface area contributed by atoms with Gasteiger partial charge in [-0.25, -0.2) is 4.68 Å². The van der Waals surface area contributed by atoms with E-state index in [1.165, 1.54) is 0 Å². The molecule has 0 aliphatic carbocycles. The van der Waals surface area contributed by atoms with E-state index in [9.17, 15) is 0 Å². The number of benzene rings is 1. The number of ether oxygens (including phenoxy) is 2. The molecule has 0 saturated carbocycles. The lowest BCUT2D eigenvalue weighted by Crippen LogP contribution is -2.06. The van der Waals surface area contributed by atoms with Gasteiger partial charge in [0.2, 0.25) is 0 Å². The standard InChI is InChI=1S/C18H22N6O2/c1-5-25-16-8-7-15(10-17(16)26-6-2)11-20-23-12-19-21-18(23)24-14(4)9-13(3)22-24/h7-12H,5-6H2,1-4H3/b20-11-. The van der Waals surface area contributed by atoms with E-state index in [1.807, 2.05) is 52.0 Å². The molecule has 0 saturated heterocycles. The Bertz CT molecular complexity index is 912. The van der Waals surface area contributed by atoms with Gasteiger partial charge in [-0.3, -0.25) is 0 Å². The van der Waals surface area contributed by atoms with Gasteiger partial charge in [-0.15, -0.1) is 10.2 Å². The molecule has 0 amide bonds. The SMILES string of the molecule is CCOc1ccc(/C=N\n2cnnc2-n2nc(C)cc2C)cc1OCC. The number of nitrogens with zero attached hydrogens (tertiary/aromatic N) is 6. The molecule has 0 N–H and O–H groups in total. The molecule has 3 rings (SSSR count). The van der Waals surface area contributed by atoms with Crippen molar-refractivity contribution in [2.45, 2.75) is 27.7 Å². The van der Waals surface area contributed by atoms with Crippen molar-refractivity contribution < 1.29 is 9.47 Å². The lowest BCUT2D eigenvalue weighted by molar-refractivity contribution is 0.288. The third kappa shape index (κ3) is 3.74. The summed E-state index contributed by atoms with van der Waals surface area (Å²) < 4.78 is 14.5. The molecule has 0 atom stereocenters. The molecule has 2 aromatic heterocycles. The normalized spacial score (nSPS) is 11.2. The molecular formula is C18H22N6O2. The van der Waals surface area contributed by atoms with Crippen LogP contribution in [0.1, 0.15) is 30.8 Å². The molecule has 0 bridgehead atoms. The van der Waals surface area contributed by atoms with E-state index in [4.69, 9.17) is 9.47 Å². The minimum atomic E-state index is 0.530. The molecule has 0 fully saturated rings. The second-order valence-corrected chi connectivity index (χ2v) is 5.63. The zero-order valence-electron chi connectivity index (χ0n) is 15.4. The Hall–Kier alpha value is -3.16. The topological polar surface area (TPSA) is 79.4 Å². The van der Waals surface area contributed by atoms with Crippen molar-refractivity contribution in [1.82, 2.24) is 24.7 Å². The molecule has 8 heteroatoms. The predicted octanol–water partition coefficient (Wildman–Crippen LogP) is 2.76. The highest BCUT2D eigenvalue weighted by Crippen LogP contribution is 2.28. The maximum Gasteiger partial charge on any atom is 0.273 e. The number of hydrogen-bond donors (Lipinski definition) is 0. The third-order valence-electron chi connectivity index (χ3n) is 3.61. The van der Waals surface area contributed by atoms with Crippen LogP contribution < -0.4 is 9.47 Å². The average Bonchev–Trinajstić information content (AvgIpc) is 3.21. The van der Waals surface area contributed by atoms with Crippen LogP contribution in [-0.4, -0.2) is 44.1 Å². The van der Waals surface area contributed by atoms with Gasteiger partial charge in [0.1, 0.15) is 6.33 Å². The van der Waals surface area contributed by atoms with Crippen LogP contribution in [0.5, 0.6) is 11.5 Å². The monoisotopic (exact) mass is 354 g/mol. The summed E-state index contributed by atoms with van der Waals surface area (Å²) in [6.07, 6.45) is 3.26. The van der Waals surface area contributed by atoms with E-state index in [1.54, 1.807) is 21.9 Å². The highest BCUT2D eigenvalue weighted by molar-refractivity contribution is 5.80. The van der Waals surface area contributed by atoms with Gasteiger partial charge in [0.15, 0.2) is 11.5 Å². The summed E-state index contributed by atoms with van der Waals surface area (Å²) in [4.78, 5) is 0. The fourth-order valence-electron chi connectivity index (χ4n) is 2.55. The molecule has 0 unspecified atom stereocenters. The smallest absolute Gasteiger partial charge is 0.273 e. The van der Waals surface area contributed by atoms with Gasteiger partial charge in [-0.05, 0) is 57.5 Å². The summed E-state index contributed by atoms with van der Waals surface area (Å²) in [5, 5.41) is 16.9. The van der Waals surface area contributed by atoms with E-state index in [-0.39, 0.29) is 0 Å². The second kappa shape index (κ2) is 7.81. The largest absolute Gasteiger partial charge is 0.490 e. The second-order valence-electron chi connectivity index (χ2n) is 5.63. The van der Waals surface area contributed by atoms with Crippen molar-refractivity contribution in [2.75, 3.05) is 13.2 Å². The van der Waals surface area contributed by atoms with Crippen LogP contribution in [0.3, 0.4) is 0 Å². The summed E-state index contributed by atoms with van der Waals surface area (Å²) >= 11 is 0. The zero-order chi connectivity index (χ0) is 18.5. The minimum absolute atomic E-state index is 0.530. The van der Waals surface area contributed by atoms with E-state index in [0.717, 1.165) is 22.7 Å². The van der Waals surface area contributed by atoms with Crippen LogP contribution in [0.15, 0.2) is 35.7 Å². The van der Waals surface area contributed by atoms with Gasteiger partial charge in [0.25, 0.3) is 5.95 Å². The molecule has 0 spiro atoms. The van der Waals surface area contributed by atoms with Crippen LogP contribution in [0.4, 0.5) is 0 Å². The Morgan fingerprint density at radius 2 is 1.85 bits per heavy atom. The van der Waals surface area contributed by atoms with Gasteiger partial charge in [0, 0.05) is 5.69 Å². The molecule has 3 aromatic rings. The number of rotatable bonds is 7. The Morgan fingerprint density at radius 3 is 2.54 bits per heavy atom. The van der Waals surface area contributed by atoms with Crippen molar-refractivity contribution >= 4 is 6.21 Å². The highest BCUT2D eigenvalue weighted by atomic mass is 16.5. The Morgan fingerprint density at radius 1 is 1.08 bits per heavy atom. The van der Waals surface area contributed by atoms with Crippen LogP contribution >= 0.6 is 0 Å². The molecule has 136 valence electrons. The predicted molar refractivity (Wildman–Crippen MR) is 98.4 cm³/mol. The fraction of sp³-hybridized carbons (Fsp3) is 0.333. The number of aromatic nitrogens is 5. The van der Waals surface area contributed by atoms with Crippen LogP contribution in [-0.2, 0) is 0 Å². The summed E-state index contributed by atoms with van der Waals surface area (Å²) in [5.41, 5.74) is 2.76. The third-order valence-corrected chi connectivity index (χ3v) is 3.61. The first-order chi connectivity index (χ1) is 12.6. The number of aryl methyl sites for hydroxylation is 2. The van der Waals surface area contributed by atoms with Crippen molar-refractivity contribution in [3.63, 3.8) is 0 Å². The first-order valence-corrected chi connectivity index (χ1v) is 8.50. The molecule has 2 heterocycles. The lowest BCUT2D eigenvalue weighted by atomic mass is 10.2. The lowest BCUT2D eigenvalue weighted by Gasteiger charge is -2.11. The Balaban J connectivity index is 1.88. The summed E-state index contributed by atoms with van der Waals surface area (Å²) in [5.74, 6) is 1.95. The van der Waals surface area contributed by atoms with Gasteiger partial charge in [0.05, 0.1) is 25.1 Å². The fourth-order valence-corrected chi connectivity index (χ4v) is 2.55. The van der Waals surface area contributed by atoms with E-state index >= 15 is 0 Å². The zero-order valence-corrected chi connectivity index (χ0v) is 15.4. The van der Waals surface area contributed by atoms with Crippen molar-refractivity contribution in [3.05, 3.63) is 47.5 Å². The molecule has 1 aromatic carbocycles. The molecule has 0 aliphatic rings. The van der Waals surface area contributed by atoms with Gasteiger partial charge in [-0.2, -0.15) is 14.9 Å². The van der Waals surface area contributed by atoms with Crippen LogP contribution in [0, 0.1) is 13.8 Å². The Kier molecular flexibility index (Phi) is 5.31. The number of hydrogen-bond acceptors (Lipinski definition) is 6. The summed E-state index contributed by atoms with van der Waals surface area (Å²) in [6.45, 7) is 8.92. The molecular weight excluding hydrogens is 332 g/mol. The maximum atomic E-state index is 5.65. The van der Waals surface area contributed by atoms with E-state index in [0.29, 0.717) is 24.9 Å². The van der Waals surface area contributed by atoms with Crippen molar-refractivity contribution in [1.29, 1.82) is 0 Å². The van der Waals surface area contributed by atoms with Gasteiger partial charge in [-0.1, -0.05) is 0 Å². The van der Waals surface area contributed by atoms with Crippen LogP contribution in [0.2, 0.25) is 0 Å². The average molecular weight is 354 g/mol. The molecule has 0 aliphatic heterocycles. The van der Waals surface area contributed by atoms with Gasteiger partial charge >= 0.3 is 0 Å². The quantitative estimate of drug-likeness (QED) is 0.610. The highest BCUT2D eigenvalue weighted by Gasteiger charge is 2.10. The summed E-state index contributed by atoms with van der Waals surface area (Å²) in [6, 6.07) is 7.67. The molecule has 8 nitrogen and oxygen atoms in total. The van der Waals surface area contributed by atoms with E-state index < -0.39 is 0 Å². The van der Waals surface area contributed by atoms with Gasteiger partial charge < -0.3 is 9.47 Å². The molecule has 0 radical (unpaired) electrons. The maximum absolute atomic E-state index is 5.65. The first kappa shape index (κ1) is 17.7. The van der Waals surface area contributed by atoms with Crippen LogP contribution in [0.25, 0.3) is 5.95 Å². The van der Waals surface area contributed by atoms with Crippen molar-refractivity contribution in [2.24, 2.45) is 5.10 Å². The summed E-state index contributed by atoms with van der Waals surface area (Å²) in [7, 11) is 0. The Labute approximate surface area is 152 Å².